The highest BCUT2D eigenvalue weighted by Gasteiger charge is 2.39. The van der Waals surface area contributed by atoms with E-state index in [4.69, 9.17) is 4.84 Å². The third kappa shape index (κ3) is 7.19. The fourth-order valence-corrected chi connectivity index (χ4v) is 6.20. The van der Waals surface area contributed by atoms with Crippen LogP contribution in [0.25, 0.3) is 0 Å². The molecule has 6 unspecified atom stereocenters. The topological polar surface area (TPSA) is 124 Å². The molecule has 9 atom stereocenters. The molecule has 1 saturated carbocycles. The molecule has 210 valence electrons. The Morgan fingerprint density at radius 1 is 1.08 bits per heavy atom. The summed E-state index contributed by atoms with van der Waals surface area (Å²) in [4.78, 5) is 46.6. The van der Waals surface area contributed by atoms with E-state index in [9.17, 15) is 18.8 Å². The number of nitrogens with one attached hydrogen (secondary N) is 5. The fraction of sp³-hybridized carbons (Fsp3) is 0.885. The van der Waals surface area contributed by atoms with Gasteiger partial charge in [0, 0.05) is 37.5 Å². The Hall–Kier alpha value is -1.82. The molecule has 37 heavy (non-hydrogen) atoms. The predicted octanol–water partition coefficient (Wildman–Crippen LogP) is 0.865. The van der Waals surface area contributed by atoms with Gasteiger partial charge < -0.3 is 15.5 Å². The summed E-state index contributed by atoms with van der Waals surface area (Å²) in [5, 5.41) is 12.6. The van der Waals surface area contributed by atoms with Crippen LogP contribution in [-0.2, 0) is 19.2 Å². The lowest BCUT2D eigenvalue weighted by Gasteiger charge is -2.34. The average molecular weight is 525 g/mol. The normalized spacial score (nSPS) is 36.1. The minimum absolute atomic E-state index is 0.0196. The van der Waals surface area contributed by atoms with Crippen molar-refractivity contribution < 1.29 is 23.6 Å². The minimum atomic E-state index is -1.000. The van der Waals surface area contributed by atoms with Crippen molar-refractivity contribution in [3.05, 3.63) is 0 Å². The third-order valence-corrected chi connectivity index (χ3v) is 8.50. The molecule has 0 radical (unpaired) electrons. The Morgan fingerprint density at radius 2 is 1.84 bits per heavy atom. The first-order valence-corrected chi connectivity index (χ1v) is 14.2. The van der Waals surface area contributed by atoms with Gasteiger partial charge in [0.2, 0.25) is 17.7 Å². The number of carbonyl (C=O) groups is 3. The van der Waals surface area contributed by atoms with E-state index in [0.29, 0.717) is 25.9 Å². The maximum atomic E-state index is 14.5. The lowest BCUT2D eigenvalue weighted by atomic mass is 9.82. The molecule has 4 fully saturated rings. The molecule has 3 saturated heterocycles. The van der Waals surface area contributed by atoms with Gasteiger partial charge in [0.25, 0.3) is 0 Å². The zero-order chi connectivity index (χ0) is 26.5. The monoisotopic (exact) mass is 524 g/mol. The van der Waals surface area contributed by atoms with E-state index < -0.39 is 24.2 Å². The van der Waals surface area contributed by atoms with Crippen molar-refractivity contribution in [3.8, 4) is 0 Å². The number of hydrogen-bond donors (Lipinski definition) is 5. The number of hydroxylamine groups is 1. The van der Waals surface area contributed by atoms with Gasteiger partial charge in [0.1, 0.15) is 18.3 Å². The zero-order valence-corrected chi connectivity index (χ0v) is 22.4. The van der Waals surface area contributed by atoms with Crippen LogP contribution in [0.3, 0.4) is 0 Å². The molecule has 1 aliphatic carbocycles. The molecule has 10 nitrogen and oxygen atoms in total. The smallest absolute Gasteiger partial charge is 0.243 e. The molecule has 0 aromatic carbocycles. The van der Waals surface area contributed by atoms with Gasteiger partial charge in [-0.25, -0.2) is 4.39 Å². The number of alkyl halides is 1. The molecule has 5 N–H and O–H groups in total. The van der Waals surface area contributed by atoms with Gasteiger partial charge in [0.15, 0.2) is 0 Å². The lowest BCUT2D eigenvalue weighted by Crippen LogP contribution is -2.58. The standard InChI is InChI=1S/C26H45FN6O4/c1-15-8-6-7-11-33(15)23(34)13-20(31-26(36)21-12-16(2)37-32-21)25(35)29-17(3)24-28-14-22(30-24)18-9-4-5-10-19(18)27/h15-22,24,28,30,32H,4-14H2,1-3H3,(H,29,35)(H,31,36)/t15-,16?,17-,18?,19?,20-,21?,22?,24?/m0/s1. The molecule has 0 spiro atoms. The summed E-state index contributed by atoms with van der Waals surface area (Å²) in [6.45, 7) is 7.08. The number of piperidine rings is 1. The summed E-state index contributed by atoms with van der Waals surface area (Å²) in [7, 11) is 0. The first kappa shape index (κ1) is 28.2. The molecule has 4 rings (SSSR count). The van der Waals surface area contributed by atoms with Gasteiger partial charge in [-0.2, -0.15) is 5.48 Å². The molecular formula is C26H45FN6O4. The van der Waals surface area contributed by atoms with E-state index >= 15 is 0 Å². The first-order valence-electron chi connectivity index (χ1n) is 14.2. The van der Waals surface area contributed by atoms with Crippen molar-refractivity contribution in [1.29, 1.82) is 0 Å². The number of hydrogen-bond acceptors (Lipinski definition) is 7. The van der Waals surface area contributed by atoms with Gasteiger partial charge >= 0.3 is 0 Å². The number of rotatable bonds is 8. The lowest BCUT2D eigenvalue weighted by molar-refractivity contribution is -0.139. The molecule has 3 amide bonds. The Bertz CT molecular complexity index is 818. The maximum Gasteiger partial charge on any atom is 0.243 e. The predicted molar refractivity (Wildman–Crippen MR) is 137 cm³/mol. The van der Waals surface area contributed by atoms with Crippen LogP contribution in [0.4, 0.5) is 4.39 Å². The van der Waals surface area contributed by atoms with Crippen LogP contribution in [0.15, 0.2) is 0 Å². The van der Waals surface area contributed by atoms with Gasteiger partial charge in [-0.05, 0) is 52.9 Å². The second-order valence-electron chi connectivity index (χ2n) is 11.5. The summed E-state index contributed by atoms with van der Waals surface area (Å²) in [6, 6.07) is -1.76. The molecule has 0 aromatic heterocycles. The van der Waals surface area contributed by atoms with Crippen LogP contribution in [0, 0.1) is 5.92 Å². The molecular weight excluding hydrogens is 479 g/mol. The van der Waals surface area contributed by atoms with E-state index in [0.717, 1.165) is 38.5 Å². The van der Waals surface area contributed by atoms with Gasteiger partial charge in [-0.1, -0.05) is 12.8 Å². The Balaban J connectivity index is 1.36. The van der Waals surface area contributed by atoms with Crippen LogP contribution < -0.4 is 26.7 Å². The van der Waals surface area contributed by atoms with Crippen LogP contribution >= 0.6 is 0 Å². The Morgan fingerprint density at radius 3 is 2.54 bits per heavy atom. The van der Waals surface area contributed by atoms with E-state index in [2.05, 4.69) is 26.7 Å². The molecule has 4 aliphatic rings. The van der Waals surface area contributed by atoms with Crippen LogP contribution in [0.1, 0.15) is 78.6 Å². The van der Waals surface area contributed by atoms with Crippen LogP contribution in [0.5, 0.6) is 0 Å². The maximum absolute atomic E-state index is 14.5. The molecule has 0 aromatic rings. The molecule has 3 heterocycles. The van der Waals surface area contributed by atoms with Crippen molar-refractivity contribution in [2.24, 2.45) is 5.92 Å². The van der Waals surface area contributed by atoms with E-state index in [1.54, 1.807) is 0 Å². The first-order chi connectivity index (χ1) is 17.7. The molecule has 3 aliphatic heterocycles. The number of nitrogens with zero attached hydrogens (tertiary/aromatic N) is 1. The number of halogens is 1. The highest BCUT2D eigenvalue weighted by molar-refractivity contribution is 5.93. The Labute approximate surface area is 219 Å². The third-order valence-electron chi connectivity index (χ3n) is 8.50. The highest BCUT2D eigenvalue weighted by atomic mass is 19.1. The van der Waals surface area contributed by atoms with Gasteiger partial charge in [0.05, 0.1) is 24.7 Å². The van der Waals surface area contributed by atoms with Crippen molar-refractivity contribution >= 4 is 17.7 Å². The quantitative estimate of drug-likeness (QED) is 0.319. The van der Waals surface area contributed by atoms with Crippen molar-refractivity contribution in [2.45, 2.75) is 127 Å². The summed E-state index contributed by atoms with van der Waals surface area (Å²) >= 11 is 0. The average Bonchev–Trinajstić information content (AvgIpc) is 3.53. The number of likely N-dealkylation sites (tertiary alicyclic amines) is 1. The summed E-state index contributed by atoms with van der Waals surface area (Å²) < 4.78 is 14.5. The van der Waals surface area contributed by atoms with Crippen molar-refractivity contribution in [3.63, 3.8) is 0 Å². The van der Waals surface area contributed by atoms with Crippen molar-refractivity contribution in [2.75, 3.05) is 13.1 Å². The van der Waals surface area contributed by atoms with Crippen molar-refractivity contribution in [1.82, 2.24) is 31.6 Å². The minimum Gasteiger partial charge on any atom is -0.349 e. The second kappa shape index (κ2) is 12.8. The summed E-state index contributed by atoms with van der Waals surface area (Å²) in [5.74, 6) is -0.916. The largest absolute Gasteiger partial charge is 0.349 e. The SMILES string of the molecule is CC1CC(C(=O)N[C@@H](CC(=O)N2CCCC[C@@H]2C)C(=O)N[C@@H](C)C2NCC(C3CCCCC3F)N2)NO1. The summed E-state index contributed by atoms with van der Waals surface area (Å²) in [6.07, 6.45) is 5.70. The Kier molecular flexibility index (Phi) is 9.77. The van der Waals surface area contributed by atoms with Gasteiger partial charge in [-0.15, -0.1) is 0 Å². The summed E-state index contributed by atoms with van der Waals surface area (Å²) in [5.41, 5.74) is 2.71. The van der Waals surface area contributed by atoms with Crippen LogP contribution in [-0.4, -0.2) is 84.4 Å². The van der Waals surface area contributed by atoms with E-state index in [1.165, 1.54) is 0 Å². The second-order valence-corrected chi connectivity index (χ2v) is 11.5. The number of amides is 3. The highest BCUT2D eigenvalue weighted by Crippen LogP contribution is 2.30. The van der Waals surface area contributed by atoms with E-state index in [1.807, 2.05) is 25.7 Å². The van der Waals surface area contributed by atoms with E-state index in [-0.39, 0.29) is 54.5 Å². The fourth-order valence-electron chi connectivity index (χ4n) is 6.20. The zero-order valence-electron chi connectivity index (χ0n) is 22.4. The molecule has 0 bridgehead atoms. The number of carbonyl (C=O) groups excluding carboxylic acids is 3. The molecule has 11 heteroatoms. The van der Waals surface area contributed by atoms with Gasteiger partial charge in [-0.3, -0.25) is 29.9 Å². The van der Waals surface area contributed by atoms with Crippen LogP contribution in [0.2, 0.25) is 0 Å².